The Balaban J connectivity index is 2.92. The van der Waals surface area contributed by atoms with Gasteiger partial charge in [-0.15, -0.1) is 0 Å². The molecular formula is C9H11Cl2N. The molecule has 0 unspecified atom stereocenters. The molecule has 0 radical (unpaired) electrons. The van der Waals surface area contributed by atoms with Crippen molar-refractivity contribution >= 4 is 23.2 Å². The molecule has 0 spiro atoms. The average molecular weight is 204 g/mol. The summed E-state index contributed by atoms with van der Waals surface area (Å²) < 4.78 is 0. The second-order valence-corrected chi connectivity index (χ2v) is 3.68. The summed E-state index contributed by atoms with van der Waals surface area (Å²) in [6.45, 7) is 1.94. The van der Waals surface area contributed by atoms with Crippen molar-refractivity contribution in [2.24, 2.45) is 5.73 Å². The summed E-state index contributed by atoms with van der Waals surface area (Å²) in [5.41, 5.74) is 6.65. The van der Waals surface area contributed by atoms with Gasteiger partial charge in [0.05, 0.1) is 10.0 Å². The molecule has 0 aliphatic carbocycles. The maximum Gasteiger partial charge on any atom is 0.0624 e. The Morgan fingerprint density at radius 2 is 2.08 bits per heavy atom. The Kier molecular flexibility index (Phi) is 3.39. The molecule has 0 aliphatic heterocycles. The summed E-state index contributed by atoms with van der Waals surface area (Å²) in [7, 11) is 0. The molecule has 1 nitrogen and oxygen atoms in total. The van der Waals surface area contributed by atoms with Crippen LogP contribution in [0.3, 0.4) is 0 Å². The maximum absolute atomic E-state index is 5.95. The summed E-state index contributed by atoms with van der Waals surface area (Å²) in [5, 5.41) is 1.21. The number of benzene rings is 1. The lowest BCUT2D eigenvalue weighted by Crippen LogP contribution is -2.17. The van der Waals surface area contributed by atoms with Gasteiger partial charge in [0.15, 0.2) is 0 Å². The lowest BCUT2D eigenvalue weighted by Gasteiger charge is -2.07. The summed E-state index contributed by atoms with van der Waals surface area (Å²) in [6, 6.07) is 5.71. The van der Waals surface area contributed by atoms with Crippen LogP contribution in [-0.2, 0) is 6.42 Å². The van der Waals surface area contributed by atoms with E-state index in [1.807, 2.05) is 19.1 Å². The molecule has 0 fully saturated rings. The van der Waals surface area contributed by atoms with Gasteiger partial charge in [-0.1, -0.05) is 35.3 Å². The molecule has 0 amide bonds. The number of rotatable bonds is 2. The van der Waals surface area contributed by atoms with E-state index < -0.39 is 0 Å². The standard InChI is InChI=1S/C9H11Cl2N/c1-6(12)5-7-3-2-4-8(10)9(7)11/h2-4,6H,5,12H2,1H3/t6-/m1/s1. The van der Waals surface area contributed by atoms with Crippen LogP contribution in [0.15, 0.2) is 18.2 Å². The first-order valence-corrected chi connectivity index (χ1v) is 4.55. The van der Waals surface area contributed by atoms with Crippen molar-refractivity contribution in [1.29, 1.82) is 0 Å². The highest BCUT2D eigenvalue weighted by molar-refractivity contribution is 6.42. The summed E-state index contributed by atoms with van der Waals surface area (Å²) in [4.78, 5) is 0. The molecule has 1 aromatic rings. The molecule has 0 saturated carbocycles. The highest BCUT2D eigenvalue weighted by Crippen LogP contribution is 2.25. The van der Waals surface area contributed by atoms with Crippen LogP contribution in [0.4, 0.5) is 0 Å². The predicted octanol–water partition coefficient (Wildman–Crippen LogP) is 2.88. The zero-order valence-electron chi connectivity index (χ0n) is 6.85. The highest BCUT2D eigenvalue weighted by Gasteiger charge is 2.05. The monoisotopic (exact) mass is 203 g/mol. The van der Waals surface area contributed by atoms with Gasteiger partial charge in [0.1, 0.15) is 0 Å². The van der Waals surface area contributed by atoms with E-state index in [1.54, 1.807) is 6.07 Å². The van der Waals surface area contributed by atoms with Crippen molar-refractivity contribution in [3.63, 3.8) is 0 Å². The highest BCUT2D eigenvalue weighted by atomic mass is 35.5. The molecule has 0 bridgehead atoms. The van der Waals surface area contributed by atoms with Crippen LogP contribution in [0.1, 0.15) is 12.5 Å². The largest absolute Gasteiger partial charge is 0.328 e. The smallest absolute Gasteiger partial charge is 0.0624 e. The van der Waals surface area contributed by atoms with E-state index in [0.717, 1.165) is 12.0 Å². The van der Waals surface area contributed by atoms with E-state index in [-0.39, 0.29) is 6.04 Å². The van der Waals surface area contributed by atoms with Gasteiger partial charge in [-0.05, 0) is 25.0 Å². The molecule has 1 atom stereocenters. The van der Waals surface area contributed by atoms with Crippen LogP contribution in [-0.4, -0.2) is 6.04 Å². The van der Waals surface area contributed by atoms with Gasteiger partial charge in [-0.3, -0.25) is 0 Å². The van der Waals surface area contributed by atoms with Crippen LogP contribution >= 0.6 is 23.2 Å². The quantitative estimate of drug-likeness (QED) is 0.787. The Morgan fingerprint density at radius 1 is 1.42 bits per heavy atom. The molecule has 1 rings (SSSR count). The lowest BCUT2D eigenvalue weighted by molar-refractivity contribution is 0.738. The number of hydrogen-bond donors (Lipinski definition) is 1. The van der Waals surface area contributed by atoms with Crippen LogP contribution in [0.25, 0.3) is 0 Å². The van der Waals surface area contributed by atoms with Crippen LogP contribution in [0.2, 0.25) is 10.0 Å². The van der Waals surface area contributed by atoms with E-state index in [4.69, 9.17) is 28.9 Å². The Labute approximate surface area is 82.5 Å². The number of halogens is 2. The molecule has 3 heteroatoms. The Bertz CT molecular complexity index is 271. The van der Waals surface area contributed by atoms with E-state index >= 15 is 0 Å². The van der Waals surface area contributed by atoms with Crippen molar-refractivity contribution in [3.05, 3.63) is 33.8 Å². The van der Waals surface area contributed by atoms with Crippen LogP contribution in [0, 0.1) is 0 Å². The van der Waals surface area contributed by atoms with Gasteiger partial charge in [-0.2, -0.15) is 0 Å². The first kappa shape index (κ1) is 9.85. The Hall–Kier alpha value is -0.240. The topological polar surface area (TPSA) is 26.0 Å². The summed E-state index contributed by atoms with van der Waals surface area (Å²) in [5.74, 6) is 0. The van der Waals surface area contributed by atoms with Gasteiger partial charge < -0.3 is 5.73 Å². The third-order valence-corrected chi connectivity index (χ3v) is 2.43. The van der Waals surface area contributed by atoms with Gasteiger partial charge in [0, 0.05) is 6.04 Å². The van der Waals surface area contributed by atoms with Crippen molar-refractivity contribution < 1.29 is 0 Å². The fourth-order valence-electron chi connectivity index (χ4n) is 1.05. The van der Waals surface area contributed by atoms with E-state index in [2.05, 4.69) is 0 Å². The molecule has 1 aromatic carbocycles. The first-order chi connectivity index (χ1) is 5.61. The minimum atomic E-state index is 0.112. The fraction of sp³-hybridized carbons (Fsp3) is 0.333. The Morgan fingerprint density at radius 3 is 2.67 bits per heavy atom. The van der Waals surface area contributed by atoms with Crippen molar-refractivity contribution in [1.82, 2.24) is 0 Å². The van der Waals surface area contributed by atoms with Crippen molar-refractivity contribution in [2.45, 2.75) is 19.4 Å². The molecule has 12 heavy (non-hydrogen) atoms. The molecule has 0 saturated heterocycles. The van der Waals surface area contributed by atoms with Gasteiger partial charge in [0.25, 0.3) is 0 Å². The summed E-state index contributed by atoms with van der Waals surface area (Å²) >= 11 is 11.8. The van der Waals surface area contributed by atoms with E-state index in [0.29, 0.717) is 10.0 Å². The van der Waals surface area contributed by atoms with Crippen LogP contribution in [0.5, 0.6) is 0 Å². The van der Waals surface area contributed by atoms with Gasteiger partial charge in [-0.25, -0.2) is 0 Å². The normalized spacial score (nSPS) is 13.0. The van der Waals surface area contributed by atoms with Gasteiger partial charge in [0.2, 0.25) is 0 Å². The maximum atomic E-state index is 5.95. The first-order valence-electron chi connectivity index (χ1n) is 3.79. The second-order valence-electron chi connectivity index (χ2n) is 2.89. The van der Waals surface area contributed by atoms with Crippen LogP contribution < -0.4 is 5.73 Å². The van der Waals surface area contributed by atoms with Crippen molar-refractivity contribution in [3.8, 4) is 0 Å². The minimum absolute atomic E-state index is 0.112. The average Bonchev–Trinajstić information content (AvgIpc) is 1.98. The zero-order chi connectivity index (χ0) is 9.14. The fourth-order valence-corrected chi connectivity index (χ4v) is 1.45. The second kappa shape index (κ2) is 4.13. The molecule has 0 aliphatic rings. The predicted molar refractivity (Wildman–Crippen MR) is 53.8 cm³/mol. The van der Waals surface area contributed by atoms with E-state index in [9.17, 15) is 0 Å². The third-order valence-electron chi connectivity index (χ3n) is 1.57. The summed E-state index contributed by atoms with van der Waals surface area (Å²) in [6.07, 6.45) is 0.763. The van der Waals surface area contributed by atoms with Crippen molar-refractivity contribution in [2.75, 3.05) is 0 Å². The van der Waals surface area contributed by atoms with Gasteiger partial charge >= 0.3 is 0 Å². The third kappa shape index (κ3) is 2.37. The minimum Gasteiger partial charge on any atom is -0.328 e. The molecule has 0 heterocycles. The number of nitrogens with two attached hydrogens (primary N) is 1. The van der Waals surface area contributed by atoms with E-state index in [1.165, 1.54) is 0 Å². The SMILES string of the molecule is C[C@@H](N)Cc1cccc(Cl)c1Cl. The molecule has 66 valence electrons. The zero-order valence-corrected chi connectivity index (χ0v) is 8.36. The molecular weight excluding hydrogens is 193 g/mol. The number of hydrogen-bond acceptors (Lipinski definition) is 1. The molecule has 2 N–H and O–H groups in total. The molecule has 0 aromatic heterocycles. The lowest BCUT2D eigenvalue weighted by atomic mass is 10.1.